The Bertz CT molecular complexity index is 372. The zero-order valence-electron chi connectivity index (χ0n) is 7.43. The fourth-order valence-electron chi connectivity index (χ4n) is 1.57. The monoisotopic (exact) mass is 194 g/mol. The Kier molecular flexibility index (Phi) is 2.04. The molecule has 0 aromatic heterocycles. The van der Waals surface area contributed by atoms with Gasteiger partial charge in [-0.15, -0.1) is 0 Å². The lowest BCUT2D eigenvalue weighted by Gasteiger charge is -2.22. The maximum absolute atomic E-state index is 10.7. The van der Waals surface area contributed by atoms with E-state index in [0.717, 1.165) is 5.56 Å². The first-order chi connectivity index (χ1) is 6.68. The summed E-state index contributed by atoms with van der Waals surface area (Å²) in [6.45, 7) is 0.125. The molecule has 2 N–H and O–H groups in total. The van der Waals surface area contributed by atoms with Gasteiger partial charge in [0, 0.05) is 0 Å². The molecule has 0 spiro atoms. The molecule has 0 saturated carbocycles. The SMILES string of the molecule is O=C(O)[C@H]1COc2c(O)cccc2C1. The van der Waals surface area contributed by atoms with Crippen LogP contribution in [-0.2, 0) is 11.2 Å². The molecular weight excluding hydrogens is 184 g/mol. The molecular formula is C10H10O4. The van der Waals surface area contributed by atoms with Crippen LogP contribution < -0.4 is 4.74 Å². The molecule has 0 bridgehead atoms. The van der Waals surface area contributed by atoms with Gasteiger partial charge in [0.05, 0.1) is 5.92 Å². The van der Waals surface area contributed by atoms with E-state index >= 15 is 0 Å². The van der Waals surface area contributed by atoms with E-state index in [9.17, 15) is 9.90 Å². The van der Waals surface area contributed by atoms with E-state index in [1.165, 1.54) is 6.07 Å². The molecule has 1 atom stereocenters. The van der Waals surface area contributed by atoms with E-state index < -0.39 is 11.9 Å². The minimum atomic E-state index is -0.862. The first-order valence-corrected chi connectivity index (χ1v) is 4.35. The molecule has 4 heteroatoms. The summed E-state index contributed by atoms with van der Waals surface area (Å²) >= 11 is 0. The van der Waals surface area contributed by atoms with Crippen LogP contribution in [0.3, 0.4) is 0 Å². The van der Waals surface area contributed by atoms with E-state index in [0.29, 0.717) is 12.2 Å². The highest BCUT2D eigenvalue weighted by Crippen LogP contribution is 2.35. The van der Waals surface area contributed by atoms with Crippen molar-refractivity contribution in [3.63, 3.8) is 0 Å². The predicted octanol–water partition coefficient (Wildman–Crippen LogP) is 1.03. The lowest BCUT2D eigenvalue weighted by molar-refractivity contribution is -0.143. The number of phenols is 1. The molecule has 0 unspecified atom stereocenters. The van der Waals surface area contributed by atoms with Crippen molar-refractivity contribution in [2.75, 3.05) is 6.61 Å². The number of rotatable bonds is 1. The second-order valence-corrected chi connectivity index (χ2v) is 3.32. The summed E-state index contributed by atoms with van der Waals surface area (Å²) in [6, 6.07) is 4.98. The second kappa shape index (κ2) is 3.21. The van der Waals surface area contributed by atoms with Gasteiger partial charge in [0.15, 0.2) is 11.5 Å². The molecule has 0 amide bonds. The van der Waals surface area contributed by atoms with Gasteiger partial charge in [-0.25, -0.2) is 0 Å². The van der Waals surface area contributed by atoms with E-state index in [1.807, 2.05) is 0 Å². The first-order valence-electron chi connectivity index (χ1n) is 4.35. The Morgan fingerprint density at radius 2 is 2.29 bits per heavy atom. The highest BCUT2D eigenvalue weighted by Gasteiger charge is 2.26. The third-order valence-electron chi connectivity index (χ3n) is 2.32. The summed E-state index contributed by atoms with van der Waals surface area (Å²) in [6.07, 6.45) is 0.416. The minimum Gasteiger partial charge on any atom is -0.504 e. The molecule has 14 heavy (non-hydrogen) atoms. The maximum Gasteiger partial charge on any atom is 0.310 e. The van der Waals surface area contributed by atoms with E-state index in [2.05, 4.69) is 0 Å². The molecule has 0 radical (unpaired) electrons. The fraction of sp³-hybridized carbons (Fsp3) is 0.300. The Labute approximate surface area is 80.7 Å². The molecule has 0 fully saturated rings. The summed E-state index contributed by atoms with van der Waals surface area (Å²) in [5.41, 5.74) is 0.753. The van der Waals surface area contributed by atoms with Crippen molar-refractivity contribution in [3.05, 3.63) is 23.8 Å². The van der Waals surface area contributed by atoms with Gasteiger partial charge in [-0.05, 0) is 18.1 Å². The Balaban J connectivity index is 2.31. The number of carboxylic acid groups (broad SMARTS) is 1. The average Bonchev–Trinajstić information content (AvgIpc) is 2.17. The normalized spacial score (nSPS) is 19.6. The Morgan fingerprint density at radius 3 is 3.00 bits per heavy atom. The van der Waals surface area contributed by atoms with Gasteiger partial charge in [-0.1, -0.05) is 12.1 Å². The fourth-order valence-corrected chi connectivity index (χ4v) is 1.57. The molecule has 74 valence electrons. The smallest absolute Gasteiger partial charge is 0.310 e. The van der Waals surface area contributed by atoms with Crippen LogP contribution in [0.2, 0.25) is 0 Å². The summed E-state index contributed by atoms with van der Waals surface area (Å²) in [5, 5.41) is 18.2. The van der Waals surface area contributed by atoms with Gasteiger partial charge in [0.2, 0.25) is 0 Å². The largest absolute Gasteiger partial charge is 0.504 e. The van der Waals surface area contributed by atoms with Crippen molar-refractivity contribution in [2.45, 2.75) is 6.42 Å². The van der Waals surface area contributed by atoms with E-state index in [1.54, 1.807) is 12.1 Å². The van der Waals surface area contributed by atoms with E-state index in [4.69, 9.17) is 9.84 Å². The molecule has 2 rings (SSSR count). The van der Waals surface area contributed by atoms with Crippen LogP contribution in [0.15, 0.2) is 18.2 Å². The van der Waals surface area contributed by atoms with Crippen LogP contribution in [-0.4, -0.2) is 22.8 Å². The summed E-state index contributed by atoms with van der Waals surface area (Å²) in [7, 11) is 0. The number of benzene rings is 1. The lowest BCUT2D eigenvalue weighted by Crippen LogP contribution is -2.27. The third kappa shape index (κ3) is 1.39. The quantitative estimate of drug-likeness (QED) is 0.700. The van der Waals surface area contributed by atoms with Crippen molar-refractivity contribution in [1.29, 1.82) is 0 Å². The minimum absolute atomic E-state index is 0.0753. The number of hydrogen-bond donors (Lipinski definition) is 2. The molecule has 0 aliphatic carbocycles. The van der Waals surface area contributed by atoms with Crippen LogP contribution in [0.25, 0.3) is 0 Å². The third-order valence-corrected chi connectivity index (χ3v) is 2.32. The number of carboxylic acids is 1. The van der Waals surface area contributed by atoms with Crippen LogP contribution in [0.4, 0.5) is 0 Å². The summed E-state index contributed by atoms with van der Waals surface area (Å²) in [4.78, 5) is 10.7. The standard InChI is InChI=1S/C10H10O4/c11-8-3-1-2-6-4-7(10(12)13)5-14-9(6)8/h1-3,7,11H,4-5H2,(H,12,13)/t7-/m1/s1. The van der Waals surface area contributed by atoms with Crippen LogP contribution in [0, 0.1) is 5.92 Å². The molecule has 1 aromatic carbocycles. The van der Waals surface area contributed by atoms with Crippen LogP contribution in [0.1, 0.15) is 5.56 Å². The van der Waals surface area contributed by atoms with Gasteiger partial charge in [-0.3, -0.25) is 4.79 Å². The van der Waals surface area contributed by atoms with Crippen molar-refractivity contribution in [1.82, 2.24) is 0 Å². The summed E-state index contributed by atoms with van der Waals surface area (Å²) in [5.74, 6) is -0.875. The maximum atomic E-state index is 10.7. The summed E-state index contributed by atoms with van der Waals surface area (Å²) < 4.78 is 5.20. The number of fused-ring (bicyclic) bond motifs is 1. The molecule has 1 heterocycles. The lowest BCUT2D eigenvalue weighted by atomic mass is 9.97. The first kappa shape index (κ1) is 8.87. The van der Waals surface area contributed by atoms with Crippen molar-refractivity contribution in [2.24, 2.45) is 5.92 Å². The number of para-hydroxylation sites is 1. The Hall–Kier alpha value is -1.71. The van der Waals surface area contributed by atoms with Crippen LogP contribution >= 0.6 is 0 Å². The van der Waals surface area contributed by atoms with Crippen LogP contribution in [0.5, 0.6) is 11.5 Å². The highest BCUT2D eigenvalue weighted by molar-refractivity contribution is 5.71. The number of aromatic hydroxyl groups is 1. The predicted molar refractivity (Wildman–Crippen MR) is 48.4 cm³/mol. The molecule has 1 aliphatic rings. The van der Waals surface area contributed by atoms with Crippen molar-refractivity contribution in [3.8, 4) is 11.5 Å². The molecule has 1 aromatic rings. The topological polar surface area (TPSA) is 66.8 Å². The zero-order chi connectivity index (χ0) is 10.1. The molecule has 0 saturated heterocycles. The number of hydrogen-bond acceptors (Lipinski definition) is 3. The number of aliphatic carboxylic acids is 1. The highest BCUT2D eigenvalue weighted by atomic mass is 16.5. The number of ether oxygens (including phenoxy) is 1. The number of phenolic OH excluding ortho intramolecular Hbond substituents is 1. The van der Waals surface area contributed by atoms with Gasteiger partial charge in [0.25, 0.3) is 0 Å². The number of carbonyl (C=O) groups is 1. The van der Waals surface area contributed by atoms with Gasteiger partial charge < -0.3 is 14.9 Å². The van der Waals surface area contributed by atoms with E-state index in [-0.39, 0.29) is 12.4 Å². The Morgan fingerprint density at radius 1 is 1.50 bits per heavy atom. The van der Waals surface area contributed by atoms with Gasteiger partial charge >= 0.3 is 5.97 Å². The van der Waals surface area contributed by atoms with Crippen molar-refractivity contribution < 1.29 is 19.7 Å². The molecule has 1 aliphatic heterocycles. The van der Waals surface area contributed by atoms with Gasteiger partial charge in [0.1, 0.15) is 6.61 Å². The second-order valence-electron chi connectivity index (χ2n) is 3.32. The zero-order valence-corrected chi connectivity index (χ0v) is 7.43. The van der Waals surface area contributed by atoms with Gasteiger partial charge in [-0.2, -0.15) is 0 Å². The average molecular weight is 194 g/mol. The van der Waals surface area contributed by atoms with Crippen molar-refractivity contribution >= 4 is 5.97 Å². The molecule has 4 nitrogen and oxygen atoms in total.